The lowest BCUT2D eigenvalue weighted by Crippen LogP contribution is -2.14. The van der Waals surface area contributed by atoms with Crippen molar-refractivity contribution in [2.24, 2.45) is 5.73 Å². The van der Waals surface area contributed by atoms with Crippen LogP contribution in [0.25, 0.3) is 0 Å². The fourth-order valence-corrected chi connectivity index (χ4v) is 3.29. The van der Waals surface area contributed by atoms with E-state index < -0.39 is 0 Å². The highest BCUT2D eigenvalue weighted by Crippen LogP contribution is 2.35. The Morgan fingerprint density at radius 2 is 2.20 bits per heavy atom. The monoisotopic (exact) mass is 225 g/mol. The van der Waals surface area contributed by atoms with Crippen molar-refractivity contribution >= 4 is 11.8 Å². The van der Waals surface area contributed by atoms with Gasteiger partial charge in [-0.1, -0.05) is 6.92 Å². The number of aryl methyl sites for hydroxylation is 1. The largest absolute Gasteiger partial charge is 0.324 e. The van der Waals surface area contributed by atoms with E-state index in [-0.39, 0.29) is 11.9 Å². The Balaban J connectivity index is 2.48. The van der Waals surface area contributed by atoms with Crippen molar-refractivity contribution in [3.05, 3.63) is 34.6 Å². The molecule has 1 aromatic rings. The molecule has 82 valence electrons. The van der Waals surface area contributed by atoms with E-state index >= 15 is 0 Å². The molecule has 0 aromatic heterocycles. The van der Waals surface area contributed by atoms with Gasteiger partial charge in [-0.3, -0.25) is 0 Å². The molecular formula is C12H16FNS. The first-order valence-corrected chi connectivity index (χ1v) is 6.29. The van der Waals surface area contributed by atoms with Gasteiger partial charge < -0.3 is 5.73 Å². The number of thioether (sulfide) groups is 1. The van der Waals surface area contributed by atoms with Gasteiger partial charge in [0.15, 0.2) is 0 Å². The molecule has 0 saturated heterocycles. The fourth-order valence-electron chi connectivity index (χ4n) is 2.11. The van der Waals surface area contributed by atoms with Crippen LogP contribution in [0.3, 0.4) is 0 Å². The van der Waals surface area contributed by atoms with Gasteiger partial charge in [0.25, 0.3) is 0 Å². The van der Waals surface area contributed by atoms with Crippen LogP contribution >= 0.6 is 11.8 Å². The van der Waals surface area contributed by atoms with Crippen molar-refractivity contribution < 1.29 is 4.39 Å². The zero-order chi connectivity index (χ0) is 11.0. The topological polar surface area (TPSA) is 26.0 Å². The SMILES string of the molecule is Cc1cc(F)cc2c1CSC(C)C[C@@H]2N. The van der Waals surface area contributed by atoms with Crippen molar-refractivity contribution in [3.8, 4) is 0 Å². The summed E-state index contributed by atoms with van der Waals surface area (Å²) >= 11 is 1.90. The number of hydrogen-bond acceptors (Lipinski definition) is 2. The molecule has 1 heterocycles. The molecule has 1 nitrogen and oxygen atoms in total. The van der Waals surface area contributed by atoms with E-state index in [0.717, 1.165) is 23.3 Å². The molecule has 0 bridgehead atoms. The van der Waals surface area contributed by atoms with Crippen LogP contribution in [-0.4, -0.2) is 5.25 Å². The Morgan fingerprint density at radius 3 is 2.93 bits per heavy atom. The van der Waals surface area contributed by atoms with Gasteiger partial charge in [-0.05, 0) is 42.2 Å². The maximum absolute atomic E-state index is 13.3. The lowest BCUT2D eigenvalue weighted by molar-refractivity contribution is 0.607. The van der Waals surface area contributed by atoms with Crippen LogP contribution < -0.4 is 5.73 Å². The Kier molecular flexibility index (Phi) is 3.03. The Morgan fingerprint density at radius 1 is 1.47 bits per heavy atom. The highest BCUT2D eigenvalue weighted by Gasteiger charge is 2.21. The number of benzene rings is 1. The molecule has 0 spiro atoms. The predicted octanol–water partition coefficient (Wildman–Crippen LogP) is 3.16. The Hall–Kier alpha value is -0.540. The second kappa shape index (κ2) is 4.14. The molecule has 1 aliphatic heterocycles. The van der Waals surface area contributed by atoms with Gasteiger partial charge in [0, 0.05) is 17.0 Å². The van der Waals surface area contributed by atoms with E-state index in [4.69, 9.17) is 5.73 Å². The van der Waals surface area contributed by atoms with Gasteiger partial charge in [0.2, 0.25) is 0 Å². The normalized spacial score (nSPS) is 25.9. The average molecular weight is 225 g/mol. The van der Waals surface area contributed by atoms with E-state index in [9.17, 15) is 4.39 Å². The fraction of sp³-hybridized carbons (Fsp3) is 0.500. The Bertz CT molecular complexity index is 378. The number of hydrogen-bond donors (Lipinski definition) is 1. The summed E-state index contributed by atoms with van der Waals surface area (Å²) < 4.78 is 13.3. The van der Waals surface area contributed by atoms with Gasteiger partial charge in [-0.25, -0.2) is 4.39 Å². The van der Waals surface area contributed by atoms with Crippen molar-refractivity contribution in [3.63, 3.8) is 0 Å². The molecule has 0 radical (unpaired) electrons. The van der Waals surface area contributed by atoms with E-state index in [0.29, 0.717) is 5.25 Å². The first-order valence-electron chi connectivity index (χ1n) is 5.24. The summed E-state index contributed by atoms with van der Waals surface area (Å²) in [5, 5.41) is 0.551. The van der Waals surface area contributed by atoms with Crippen LogP contribution in [0.15, 0.2) is 12.1 Å². The predicted molar refractivity (Wildman–Crippen MR) is 63.4 cm³/mol. The van der Waals surface area contributed by atoms with Crippen molar-refractivity contribution in [1.29, 1.82) is 0 Å². The molecule has 15 heavy (non-hydrogen) atoms. The zero-order valence-electron chi connectivity index (χ0n) is 9.09. The second-order valence-electron chi connectivity index (χ2n) is 4.25. The van der Waals surface area contributed by atoms with Gasteiger partial charge in [-0.2, -0.15) is 11.8 Å². The van der Waals surface area contributed by atoms with Crippen LogP contribution in [0.2, 0.25) is 0 Å². The van der Waals surface area contributed by atoms with Crippen molar-refractivity contribution in [2.75, 3.05) is 0 Å². The maximum Gasteiger partial charge on any atom is 0.123 e. The molecule has 1 aromatic carbocycles. The highest BCUT2D eigenvalue weighted by atomic mass is 32.2. The molecule has 0 amide bonds. The highest BCUT2D eigenvalue weighted by molar-refractivity contribution is 7.99. The van der Waals surface area contributed by atoms with E-state index in [2.05, 4.69) is 6.92 Å². The average Bonchev–Trinajstić information content (AvgIpc) is 2.27. The minimum absolute atomic E-state index is 0.0144. The summed E-state index contributed by atoms with van der Waals surface area (Å²) in [7, 11) is 0. The minimum atomic E-state index is -0.166. The summed E-state index contributed by atoms with van der Waals surface area (Å²) in [6.45, 7) is 4.15. The smallest absolute Gasteiger partial charge is 0.123 e. The number of rotatable bonds is 0. The number of fused-ring (bicyclic) bond motifs is 1. The van der Waals surface area contributed by atoms with Crippen LogP contribution in [-0.2, 0) is 5.75 Å². The molecule has 2 rings (SSSR count). The summed E-state index contributed by atoms with van der Waals surface area (Å²) in [5.74, 6) is 0.789. The van der Waals surface area contributed by atoms with E-state index in [1.54, 1.807) is 12.1 Å². The minimum Gasteiger partial charge on any atom is -0.324 e. The number of nitrogens with two attached hydrogens (primary N) is 1. The molecular weight excluding hydrogens is 209 g/mol. The van der Waals surface area contributed by atoms with Gasteiger partial charge >= 0.3 is 0 Å². The van der Waals surface area contributed by atoms with E-state index in [1.807, 2.05) is 18.7 Å². The molecule has 1 aliphatic rings. The number of halogens is 1. The summed E-state index contributed by atoms with van der Waals surface area (Å²) in [4.78, 5) is 0. The summed E-state index contributed by atoms with van der Waals surface area (Å²) in [6, 6.07) is 3.19. The molecule has 1 unspecified atom stereocenters. The zero-order valence-corrected chi connectivity index (χ0v) is 9.90. The molecule has 3 heteroatoms. The van der Waals surface area contributed by atoms with E-state index in [1.165, 1.54) is 5.56 Å². The summed E-state index contributed by atoms with van der Waals surface area (Å²) in [6.07, 6.45) is 0.931. The third-order valence-corrected chi connectivity index (χ3v) is 4.19. The lowest BCUT2D eigenvalue weighted by Gasteiger charge is -2.15. The van der Waals surface area contributed by atoms with Crippen LogP contribution in [0.5, 0.6) is 0 Å². The third-order valence-electron chi connectivity index (χ3n) is 2.97. The molecule has 0 saturated carbocycles. The standard InChI is InChI=1S/C12H16FNS/c1-7-3-9(13)5-10-11(7)6-15-8(2)4-12(10)14/h3,5,8,12H,4,6,14H2,1-2H3/t8?,12-/m0/s1. The second-order valence-corrected chi connectivity index (χ2v) is 5.68. The molecule has 2 atom stereocenters. The van der Waals surface area contributed by atoms with Gasteiger partial charge in [0.1, 0.15) is 5.82 Å². The molecule has 0 fully saturated rings. The van der Waals surface area contributed by atoms with Crippen LogP contribution in [0.4, 0.5) is 4.39 Å². The maximum atomic E-state index is 13.3. The Labute approximate surface area is 94.2 Å². The lowest BCUT2D eigenvalue weighted by atomic mass is 9.95. The van der Waals surface area contributed by atoms with Gasteiger partial charge in [0.05, 0.1) is 0 Å². The molecule has 2 N–H and O–H groups in total. The quantitative estimate of drug-likeness (QED) is 0.734. The summed E-state index contributed by atoms with van der Waals surface area (Å²) in [5.41, 5.74) is 9.36. The van der Waals surface area contributed by atoms with Gasteiger partial charge in [-0.15, -0.1) is 0 Å². The third kappa shape index (κ3) is 2.18. The molecule has 0 aliphatic carbocycles. The van der Waals surface area contributed by atoms with Crippen LogP contribution in [0.1, 0.15) is 36.1 Å². The first kappa shape index (κ1) is 11.0. The first-order chi connectivity index (χ1) is 7.08. The van der Waals surface area contributed by atoms with Crippen molar-refractivity contribution in [1.82, 2.24) is 0 Å². The van der Waals surface area contributed by atoms with Crippen molar-refractivity contribution in [2.45, 2.75) is 37.3 Å². The van der Waals surface area contributed by atoms with Crippen LogP contribution in [0, 0.1) is 12.7 Å².